The summed E-state index contributed by atoms with van der Waals surface area (Å²) in [5.74, 6) is 0. The average molecular weight is 255 g/mol. The van der Waals surface area contributed by atoms with E-state index in [9.17, 15) is 4.79 Å². The highest BCUT2D eigenvalue weighted by Gasteiger charge is 2.14. The van der Waals surface area contributed by atoms with Crippen molar-refractivity contribution in [3.63, 3.8) is 0 Å². The molecule has 6 heteroatoms. The summed E-state index contributed by atoms with van der Waals surface area (Å²) in [6, 6.07) is 9.74. The maximum Gasteiger partial charge on any atom is 0.297 e. The van der Waals surface area contributed by atoms with Gasteiger partial charge in [-0.15, -0.1) is 0 Å². The van der Waals surface area contributed by atoms with Crippen molar-refractivity contribution < 1.29 is 4.74 Å². The molecule has 0 N–H and O–H groups in total. The molecule has 1 aromatic carbocycles. The molecule has 0 spiro atoms. The lowest BCUT2D eigenvalue weighted by Crippen LogP contribution is -2.23. The maximum atomic E-state index is 11.9. The van der Waals surface area contributed by atoms with Gasteiger partial charge in [0.2, 0.25) is 0 Å². The Balaban J connectivity index is 1.68. The zero-order valence-electron chi connectivity index (χ0n) is 10.1. The first-order chi connectivity index (χ1) is 9.34. The molecule has 0 saturated heterocycles. The number of aromatic nitrogens is 2. The minimum absolute atomic E-state index is 0.0938. The van der Waals surface area contributed by atoms with Crippen LogP contribution in [0.2, 0.25) is 0 Å². The van der Waals surface area contributed by atoms with E-state index in [0.717, 1.165) is 5.56 Å². The van der Waals surface area contributed by atoms with E-state index in [1.807, 2.05) is 30.3 Å². The van der Waals surface area contributed by atoms with Gasteiger partial charge in [-0.2, -0.15) is 5.10 Å². The second kappa shape index (κ2) is 5.03. The summed E-state index contributed by atoms with van der Waals surface area (Å²) >= 11 is 0. The fourth-order valence-electron chi connectivity index (χ4n) is 1.75. The summed E-state index contributed by atoms with van der Waals surface area (Å²) in [6.07, 6.45) is 2.86. The van der Waals surface area contributed by atoms with Crippen LogP contribution in [0.5, 0.6) is 0 Å². The van der Waals surface area contributed by atoms with Crippen molar-refractivity contribution in [2.45, 2.75) is 13.3 Å². The number of ether oxygens (including phenoxy) is 1. The second-order valence-electron chi connectivity index (χ2n) is 4.02. The monoisotopic (exact) mass is 255 g/mol. The van der Waals surface area contributed by atoms with Gasteiger partial charge in [0.05, 0.1) is 12.8 Å². The van der Waals surface area contributed by atoms with Gasteiger partial charge < -0.3 is 4.74 Å². The Morgan fingerprint density at radius 3 is 2.89 bits per heavy atom. The summed E-state index contributed by atoms with van der Waals surface area (Å²) in [5.41, 5.74) is 1.58. The van der Waals surface area contributed by atoms with Crippen LogP contribution in [0.25, 0.3) is 0 Å². The van der Waals surface area contributed by atoms with Crippen LogP contribution in [-0.2, 0) is 18.1 Å². The van der Waals surface area contributed by atoms with Crippen LogP contribution >= 0.6 is 0 Å². The smallest absolute Gasteiger partial charge is 0.297 e. The van der Waals surface area contributed by atoms with Crippen LogP contribution in [0.4, 0.5) is 11.4 Å². The quantitative estimate of drug-likeness (QED) is 0.827. The number of fused-ring (bicyclic) bond motifs is 1. The molecule has 0 aliphatic carbocycles. The molecule has 1 radical (unpaired) electrons. The van der Waals surface area contributed by atoms with E-state index in [-0.39, 0.29) is 12.3 Å². The first kappa shape index (κ1) is 11.6. The zero-order valence-corrected chi connectivity index (χ0v) is 10.1. The van der Waals surface area contributed by atoms with Crippen molar-refractivity contribution >= 4 is 17.7 Å². The standard InChI is InChI=1S/C13H11N4O2/c18-13-12-11(14-8-15-12)6-16-17(13)9-19-7-10-4-2-1-3-5-10/h1-6,8H,7,9H2. The first-order valence-corrected chi connectivity index (χ1v) is 5.80. The van der Waals surface area contributed by atoms with Crippen molar-refractivity contribution in [1.29, 1.82) is 0 Å². The number of nitrogens with zero attached hydrogens (tertiary/aromatic N) is 4. The molecular weight excluding hydrogens is 244 g/mol. The molecule has 0 fully saturated rings. The molecule has 2 heterocycles. The van der Waals surface area contributed by atoms with Crippen LogP contribution in [0, 0.1) is 0 Å². The van der Waals surface area contributed by atoms with Gasteiger partial charge >= 0.3 is 0 Å². The summed E-state index contributed by atoms with van der Waals surface area (Å²) in [7, 11) is 0. The minimum Gasteiger partial charge on any atom is -0.354 e. The molecular formula is C13H11N4O2. The Bertz CT molecular complexity index is 664. The number of rotatable bonds is 4. The van der Waals surface area contributed by atoms with Gasteiger partial charge in [0.1, 0.15) is 18.8 Å². The fraction of sp³-hybridized carbons (Fsp3) is 0.154. The Labute approximate surface area is 109 Å². The van der Waals surface area contributed by atoms with Gasteiger partial charge in [0.15, 0.2) is 5.69 Å². The van der Waals surface area contributed by atoms with E-state index in [2.05, 4.69) is 15.4 Å². The third-order valence-electron chi connectivity index (χ3n) is 2.71. The van der Waals surface area contributed by atoms with Gasteiger partial charge in [-0.3, -0.25) is 4.79 Å². The normalized spacial score (nSPS) is 12.2. The zero-order chi connectivity index (χ0) is 13.1. The van der Waals surface area contributed by atoms with E-state index in [4.69, 9.17) is 4.74 Å². The van der Waals surface area contributed by atoms with Crippen molar-refractivity contribution in [3.05, 3.63) is 52.4 Å². The molecule has 0 saturated carbocycles. The predicted octanol–water partition coefficient (Wildman–Crippen LogP) is 1.33. The lowest BCUT2D eigenvalue weighted by Gasteiger charge is -2.06. The summed E-state index contributed by atoms with van der Waals surface area (Å²) < 4.78 is 6.70. The van der Waals surface area contributed by atoms with Crippen molar-refractivity contribution in [1.82, 2.24) is 15.1 Å². The number of hydrogen-bond donors (Lipinski definition) is 0. The average Bonchev–Trinajstić information content (AvgIpc) is 2.92. The molecule has 0 amide bonds. The Kier molecular flexibility index (Phi) is 3.07. The van der Waals surface area contributed by atoms with Gasteiger partial charge in [-0.25, -0.2) is 15.0 Å². The van der Waals surface area contributed by atoms with E-state index in [1.54, 1.807) is 0 Å². The lowest BCUT2D eigenvalue weighted by molar-refractivity contribution is 0.0530. The summed E-state index contributed by atoms with van der Waals surface area (Å²) in [4.78, 5) is 15.9. The summed E-state index contributed by atoms with van der Waals surface area (Å²) in [5, 5.41) is 7.91. The van der Waals surface area contributed by atoms with Crippen LogP contribution in [0.1, 0.15) is 5.56 Å². The highest BCUT2D eigenvalue weighted by molar-refractivity contribution is 5.80. The number of benzene rings is 1. The molecule has 3 rings (SSSR count). The Morgan fingerprint density at radius 1 is 1.21 bits per heavy atom. The Hall–Kier alpha value is -2.47. The van der Waals surface area contributed by atoms with Crippen molar-refractivity contribution in [2.24, 2.45) is 4.99 Å². The number of aliphatic imine (C=N–C) groups is 1. The van der Waals surface area contributed by atoms with Gasteiger partial charge in [0, 0.05) is 0 Å². The molecule has 1 aliphatic heterocycles. The maximum absolute atomic E-state index is 11.9. The summed E-state index contributed by atoms with van der Waals surface area (Å²) in [6.45, 7) is 0.524. The predicted molar refractivity (Wildman–Crippen MR) is 69.7 cm³/mol. The molecule has 6 nitrogen and oxygen atoms in total. The van der Waals surface area contributed by atoms with Crippen LogP contribution in [0.15, 0.2) is 46.3 Å². The van der Waals surface area contributed by atoms with Gasteiger partial charge in [-0.05, 0) is 5.56 Å². The van der Waals surface area contributed by atoms with Gasteiger partial charge in [0.25, 0.3) is 5.56 Å². The molecule has 95 valence electrons. The fourth-order valence-corrected chi connectivity index (χ4v) is 1.75. The molecule has 0 atom stereocenters. The molecule has 0 bridgehead atoms. The topological polar surface area (TPSA) is 70.6 Å². The van der Waals surface area contributed by atoms with E-state index >= 15 is 0 Å². The molecule has 1 aliphatic rings. The largest absolute Gasteiger partial charge is 0.354 e. The van der Waals surface area contributed by atoms with E-state index in [0.29, 0.717) is 18.0 Å². The van der Waals surface area contributed by atoms with Crippen LogP contribution < -0.4 is 10.9 Å². The number of hydrogen-bond acceptors (Lipinski definition) is 4. The van der Waals surface area contributed by atoms with Crippen molar-refractivity contribution in [2.75, 3.05) is 0 Å². The second-order valence-corrected chi connectivity index (χ2v) is 4.02. The van der Waals surface area contributed by atoms with Crippen molar-refractivity contribution in [3.8, 4) is 0 Å². The van der Waals surface area contributed by atoms with Crippen LogP contribution in [0.3, 0.4) is 0 Å². The third kappa shape index (κ3) is 2.38. The lowest BCUT2D eigenvalue weighted by atomic mass is 10.2. The van der Waals surface area contributed by atoms with E-state index in [1.165, 1.54) is 17.2 Å². The first-order valence-electron chi connectivity index (χ1n) is 5.80. The minimum atomic E-state index is -0.289. The molecule has 1 aromatic heterocycles. The van der Waals surface area contributed by atoms with Crippen LogP contribution in [-0.4, -0.2) is 16.1 Å². The molecule has 19 heavy (non-hydrogen) atoms. The highest BCUT2D eigenvalue weighted by Crippen LogP contribution is 2.21. The molecule has 0 unspecified atom stereocenters. The SMILES string of the molecule is O=c1c2c(cnn1COCc1ccccc1)[N]C=N2. The van der Waals surface area contributed by atoms with E-state index < -0.39 is 0 Å². The van der Waals surface area contributed by atoms with Gasteiger partial charge in [-0.1, -0.05) is 30.3 Å². The Morgan fingerprint density at radius 2 is 2.05 bits per heavy atom. The third-order valence-corrected chi connectivity index (χ3v) is 2.71. The molecule has 2 aromatic rings. The highest BCUT2D eigenvalue weighted by atomic mass is 16.5.